The van der Waals surface area contributed by atoms with Gasteiger partial charge in [-0.2, -0.15) is 18.2 Å². The predicted octanol–water partition coefficient (Wildman–Crippen LogP) is 3.77. The van der Waals surface area contributed by atoms with Crippen molar-refractivity contribution in [3.63, 3.8) is 0 Å². The number of nitrogens with one attached hydrogen (secondary N) is 2. The van der Waals surface area contributed by atoms with Gasteiger partial charge in [0.15, 0.2) is 5.69 Å². The topological polar surface area (TPSA) is 49.8 Å². The van der Waals surface area contributed by atoms with Gasteiger partial charge in [-0.15, -0.1) is 11.3 Å². The molecule has 2 heterocycles. The molecule has 2 rings (SSSR count). The van der Waals surface area contributed by atoms with E-state index >= 15 is 0 Å². The summed E-state index contributed by atoms with van der Waals surface area (Å²) < 4.78 is 38.3. The lowest BCUT2D eigenvalue weighted by molar-refractivity contribution is -0.141. The maximum Gasteiger partial charge on any atom is 0.433 e. The molecular formula is C13H15F3N4S. The van der Waals surface area contributed by atoms with Gasteiger partial charge in [0.05, 0.1) is 6.54 Å². The number of nitrogens with zero attached hydrogens (tertiary/aromatic N) is 2. The van der Waals surface area contributed by atoms with Gasteiger partial charge in [0, 0.05) is 22.9 Å². The molecule has 0 atom stereocenters. The highest BCUT2D eigenvalue weighted by Crippen LogP contribution is 2.29. The van der Waals surface area contributed by atoms with Crippen molar-refractivity contribution in [2.75, 3.05) is 17.7 Å². The molecule has 0 unspecified atom stereocenters. The molecule has 0 saturated heterocycles. The molecule has 2 aromatic rings. The summed E-state index contributed by atoms with van der Waals surface area (Å²) in [6.07, 6.45) is -3.55. The first kappa shape index (κ1) is 15.6. The summed E-state index contributed by atoms with van der Waals surface area (Å²) in [6.45, 7) is 2.49. The second kappa shape index (κ2) is 6.30. The van der Waals surface area contributed by atoms with E-state index < -0.39 is 11.9 Å². The van der Waals surface area contributed by atoms with Gasteiger partial charge < -0.3 is 10.6 Å². The Kier molecular flexibility index (Phi) is 4.66. The standard InChI is InChI=1S/C13H15F3N4S/c1-3-8-4-5-9(21-8)7-18-11-6-10(13(14,15)16)19-12(17-2)20-11/h4-6H,3,7H2,1-2H3,(H2,17,18,19,20). The van der Waals surface area contributed by atoms with Crippen LogP contribution in [0.15, 0.2) is 18.2 Å². The number of aromatic nitrogens is 2. The predicted molar refractivity (Wildman–Crippen MR) is 77.6 cm³/mol. The molecule has 0 aromatic carbocycles. The summed E-state index contributed by atoms with van der Waals surface area (Å²) in [7, 11) is 1.48. The van der Waals surface area contributed by atoms with Gasteiger partial charge in [-0.1, -0.05) is 6.92 Å². The van der Waals surface area contributed by atoms with Crippen molar-refractivity contribution in [2.24, 2.45) is 0 Å². The number of halogens is 3. The van der Waals surface area contributed by atoms with Crippen LogP contribution in [0.4, 0.5) is 24.9 Å². The highest BCUT2D eigenvalue weighted by Gasteiger charge is 2.33. The SMILES string of the molecule is CCc1ccc(CNc2cc(C(F)(F)F)nc(NC)n2)s1. The van der Waals surface area contributed by atoms with Crippen LogP contribution in [0.25, 0.3) is 0 Å². The lowest BCUT2D eigenvalue weighted by Crippen LogP contribution is -2.12. The van der Waals surface area contributed by atoms with Crippen LogP contribution in [-0.4, -0.2) is 17.0 Å². The maximum absolute atomic E-state index is 12.8. The number of hydrogen-bond donors (Lipinski definition) is 2. The molecule has 8 heteroatoms. The quantitative estimate of drug-likeness (QED) is 0.881. The highest BCUT2D eigenvalue weighted by molar-refractivity contribution is 7.12. The molecule has 0 fully saturated rings. The Labute approximate surface area is 124 Å². The van der Waals surface area contributed by atoms with Gasteiger partial charge in [-0.05, 0) is 18.6 Å². The largest absolute Gasteiger partial charge is 0.433 e. The van der Waals surface area contributed by atoms with E-state index in [0.717, 1.165) is 17.4 Å². The van der Waals surface area contributed by atoms with Gasteiger partial charge in [0.1, 0.15) is 5.82 Å². The molecule has 114 valence electrons. The molecular weight excluding hydrogens is 301 g/mol. The van der Waals surface area contributed by atoms with E-state index in [4.69, 9.17) is 0 Å². The van der Waals surface area contributed by atoms with Gasteiger partial charge >= 0.3 is 6.18 Å². The third-order valence-electron chi connectivity index (χ3n) is 2.75. The van der Waals surface area contributed by atoms with Crippen LogP contribution in [0.5, 0.6) is 0 Å². The molecule has 0 radical (unpaired) electrons. The van der Waals surface area contributed by atoms with Crippen molar-refractivity contribution in [1.29, 1.82) is 0 Å². The first-order valence-corrected chi connectivity index (χ1v) is 7.19. The minimum Gasteiger partial charge on any atom is -0.365 e. The van der Waals surface area contributed by atoms with E-state index in [-0.39, 0.29) is 11.8 Å². The van der Waals surface area contributed by atoms with E-state index in [0.29, 0.717) is 6.54 Å². The van der Waals surface area contributed by atoms with E-state index in [1.807, 2.05) is 12.1 Å². The van der Waals surface area contributed by atoms with Gasteiger partial charge in [0.2, 0.25) is 5.95 Å². The van der Waals surface area contributed by atoms with E-state index in [9.17, 15) is 13.2 Å². The fourth-order valence-corrected chi connectivity index (χ4v) is 2.58. The molecule has 0 amide bonds. The van der Waals surface area contributed by atoms with E-state index in [1.54, 1.807) is 11.3 Å². The second-order valence-electron chi connectivity index (χ2n) is 4.28. The Bertz CT molecular complexity index is 610. The monoisotopic (exact) mass is 316 g/mol. The molecule has 2 N–H and O–H groups in total. The average molecular weight is 316 g/mol. The zero-order chi connectivity index (χ0) is 15.5. The summed E-state index contributed by atoms with van der Waals surface area (Å²) in [5, 5.41) is 5.44. The van der Waals surface area contributed by atoms with Gasteiger partial charge in [-0.3, -0.25) is 0 Å². The third-order valence-corrected chi connectivity index (χ3v) is 3.98. The molecule has 0 bridgehead atoms. The fourth-order valence-electron chi connectivity index (χ4n) is 1.68. The molecule has 0 spiro atoms. The van der Waals surface area contributed by atoms with Crippen LogP contribution >= 0.6 is 11.3 Å². The van der Waals surface area contributed by atoms with Crippen LogP contribution in [-0.2, 0) is 19.1 Å². The Hall–Kier alpha value is -1.83. The number of hydrogen-bond acceptors (Lipinski definition) is 5. The van der Waals surface area contributed by atoms with Crippen molar-refractivity contribution in [3.05, 3.63) is 33.6 Å². The zero-order valence-corrected chi connectivity index (χ0v) is 12.4. The number of thiophene rings is 1. The van der Waals surface area contributed by atoms with Crippen molar-refractivity contribution in [1.82, 2.24) is 9.97 Å². The smallest absolute Gasteiger partial charge is 0.365 e. The summed E-state index contributed by atoms with van der Waals surface area (Å²) in [4.78, 5) is 9.67. The number of aryl methyl sites for hydroxylation is 1. The first-order chi connectivity index (χ1) is 9.92. The summed E-state index contributed by atoms with van der Waals surface area (Å²) in [5.41, 5.74) is -0.968. The molecule has 0 aliphatic rings. The summed E-state index contributed by atoms with van der Waals surface area (Å²) in [6, 6.07) is 4.89. The van der Waals surface area contributed by atoms with E-state index in [2.05, 4.69) is 27.5 Å². The normalized spacial score (nSPS) is 11.5. The first-order valence-electron chi connectivity index (χ1n) is 6.38. The summed E-state index contributed by atoms with van der Waals surface area (Å²) in [5.74, 6) is 0.0841. The zero-order valence-electron chi connectivity index (χ0n) is 11.6. The third kappa shape index (κ3) is 4.07. The van der Waals surface area contributed by atoms with Crippen LogP contribution in [0.3, 0.4) is 0 Å². The van der Waals surface area contributed by atoms with Gasteiger partial charge in [-0.25, -0.2) is 4.98 Å². The number of anilines is 2. The Morgan fingerprint density at radius 2 is 1.90 bits per heavy atom. The van der Waals surface area contributed by atoms with Crippen LogP contribution in [0.2, 0.25) is 0 Å². The van der Waals surface area contributed by atoms with Gasteiger partial charge in [0.25, 0.3) is 0 Å². The van der Waals surface area contributed by atoms with Crippen LogP contribution < -0.4 is 10.6 Å². The second-order valence-corrected chi connectivity index (χ2v) is 5.54. The Balaban J connectivity index is 2.15. The Morgan fingerprint density at radius 1 is 1.19 bits per heavy atom. The number of alkyl halides is 3. The minimum atomic E-state index is -4.50. The average Bonchev–Trinajstić information content (AvgIpc) is 2.92. The minimum absolute atomic E-state index is 0.0623. The molecule has 0 saturated carbocycles. The van der Waals surface area contributed by atoms with Crippen LogP contribution in [0, 0.1) is 0 Å². The van der Waals surface area contributed by atoms with Crippen molar-refractivity contribution < 1.29 is 13.2 Å². The molecule has 2 aromatic heterocycles. The Morgan fingerprint density at radius 3 is 2.48 bits per heavy atom. The van der Waals surface area contributed by atoms with E-state index in [1.165, 1.54) is 11.9 Å². The lowest BCUT2D eigenvalue weighted by Gasteiger charge is -2.11. The molecule has 0 aliphatic carbocycles. The molecule has 21 heavy (non-hydrogen) atoms. The van der Waals surface area contributed by atoms with Crippen molar-refractivity contribution >= 4 is 23.1 Å². The summed E-state index contributed by atoms with van der Waals surface area (Å²) >= 11 is 1.63. The maximum atomic E-state index is 12.8. The van der Waals surface area contributed by atoms with Crippen LogP contribution in [0.1, 0.15) is 22.4 Å². The van der Waals surface area contributed by atoms with Crippen molar-refractivity contribution in [2.45, 2.75) is 26.1 Å². The fraction of sp³-hybridized carbons (Fsp3) is 0.385. The van der Waals surface area contributed by atoms with Crippen molar-refractivity contribution in [3.8, 4) is 0 Å². The molecule has 4 nitrogen and oxygen atoms in total. The lowest BCUT2D eigenvalue weighted by atomic mass is 10.3. The number of rotatable bonds is 5. The highest BCUT2D eigenvalue weighted by atomic mass is 32.1. The molecule has 0 aliphatic heterocycles.